The summed E-state index contributed by atoms with van der Waals surface area (Å²) < 4.78 is 0. The smallest absolute Gasteiger partial charge is 0.272 e. The minimum absolute atomic E-state index is 0.0765. The molecule has 19 heavy (non-hydrogen) atoms. The summed E-state index contributed by atoms with van der Waals surface area (Å²) >= 11 is 0. The monoisotopic (exact) mass is 259 g/mol. The molecule has 1 aliphatic heterocycles. The van der Waals surface area contributed by atoms with Crippen LogP contribution in [0.2, 0.25) is 0 Å². The van der Waals surface area contributed by atoms with E-state index < -0.39 is 0 Å². The molecular formula is C15H21N3O. The Bertz CT molecular complexity index is 448. The first-order chi connectivity index (χ1) is 9.33. The third-order valence-electron chi connectivity index (χ3n) is 4.10. The van der Waals surface area contributed by atoms with Crippen LogP contribution in [0, 0.1) is 0 Å². The zero-order chi connectivity index (χ0) is 13.1. The predicted molar refractivity (Wildman–Crippen MR) is 75.3 cm³/mol. The minimum Gasteiger partial charge on any atom is -0.382 e. The molecule has 1 aromatic rings. The van der Waals surface area contributed by atoms with Crippen LogP contribution in [-0.2, 0) is 0 Å². The number of anilines is 1. The molecule has 0 atom stereocenters. The fourth-order valence-electron chi connectivity index (χ4n) is 3.03. The van der Waals surface area contributed by atoms with Gasteiger partial charge in [-0.25, -0.2) is 0 Å². The molecule has 1 amide bonds. The fraction of sp³-hybridized carbons (Fsp3) is 0.600. The molecule has 0 spiro atoms. The van der Waals surface area contributed by atoms with Crippen molar-refractivity contribution in [2.45, 2.75) is 44.6 Å². The van der Waals surface area contributed by atoms with Crippen molar-refractivity contribution in [3.05, 3.63) is 24.0 Å². The summed E-state index contributed by atoms with van der Waals surface area (Å²) in [5.74, 6) is 0.0765. The Hall–Kier alpha value is -1.58. The molecule has 1 saturated carbocycles. The van der Waals surface area contributed by atoms with Crippen LogP contribution in [0.3, 0.4) is 0 Å². The van der Waals surface area contributed by atoms with Crippen LogP contribution in [0.5, 0.6) is 0 Å². The third-order valence-corrected chi connectivity index (χ3v) is 4.10. The van der Waals surface area contributed by atoms with Gasteiger partial charge in [0.2, 0.25) is 0 Å². The summed E-state index contributed by atoms with van der Waals surface area (Å²) in [6, 6.07) is 4.43. The molecule has 1 aliphatic carbocycles. The van der Waals surface area contributed by atoms with Crippen molar-refractivity contribution < 1.29 is 4.79 Å². The Morgan fingerprint density at radius 2 is 1.95 bits per heavy atom. The molecular weight excluding hydrogens is 238 g/mol. The Labute approximate surface area is 114 Å². The fourth-order valence-corrected chi connectivity index (χ4v) is 3.03. The number of carbonyl (C=O) groups excluding carboxylic acids is 1. The standard InChI is InChI=1S/C15H21N3O/c19-15(18-9-3-4-10-18)14-11-13(7-8-16-14)17-12-5-1-2-6-12/h7-8,11-12H,1-6,9-10H2,(H,16,17). The van der Waals surface area contributed by atoms with Gasteiger partial charge >= 0.3 is 0 Å². The Kier molecular flexibility index (Phi) is 3.67. The lowest BCUT2D eigenvalue weighted by Crippen LogP contribution is -2.28. The molecule has 2 heterocycles. The van der Waals surface area contributed by atoms with Gasteiger partial charge in [-0.05, 0) is 37.8 Å². The van der Waals surface area contributed by atoms with Gasteiger partial charge in [-0.3, -0.25) is 9.78 Å². The number of pyridine rings is 1. The Morgan fingerprint density at radius 1 is 1.21 bits per heavy atom. The number of likely N-dealkylation sites (tertiary alicyclic amines) is 1. The molecule has 0 unspecified atom stereocenters. The first-order valence-electron chi connectivity index (χ1n) is 7.35. The molecule has 2 aliphatic rings. The van der Waals surface area contributed by atoms with Gasteiger partial charge in [-0.15, -0.1) is 0 Å². The van der Waals surface area contributed by atoms with Gasteiger partial charge in [-0.2, -0.15) is 0 Å². The molecule has 0 aromatic carbocycles. The maximum absolute atomic E-state index is 12.3. The van der Waals surface area contributed by atoms with Gasteiger partial charge in [0, 0.05) is 31.0 Å². The molecule has 3 rings (SSSR count). The van der Waals surface area contributed by atoms with Crippen LogP contribution >= 0.6 is 0 Å². The SMILES string of the molecule is O=C(c1cc(NC2CCCC2)ccn1)N1CCCC1. The zero-order valence-electron chi connectivity index (χ0n) is 11.3. The van der Waals surface area contributed by atoms with Crippen LogP contribution < -0.4 is 5.32 Å². The normalized spacial score (nSPS) is 19.9. The predicted octanol–water partition coefficient (Wildman–Crippen LogP) is 2.67. The van der Waals surface area contributed by atoms with Gasteiger partial charge in [-0.1, -0.05) is 12.8 Å². The van der Waals surface area contributed by atoms with Crippen LogP contribution in [-0.4, -0.2) is 34.9 Å². The van der Waals surface area contributed by atoms with Gasteiger partial charge in [0.1, 0.15) is 5.69 Å². The molecule has 1 aromatic heterocycles. The summed E-state index contributed by atoms with van der Waals surface area (Å²) in [6.07, 6.45) is 9.05. The molecule has 4 nitrogen and oxygen atoms in total. The minimum atomic E-state index is 0.0765. The van der Waals surface area contributed by atoms with E-state index in [-0.39, 0.29) is 5.91 Å². The highest BCUT2D eigenvalue weighted by Crippen LogP contribution is 2.22. The number of aromatic nitrogens is 1. The number of hydrogen-bond donors (Lipinski definition) is 1. The number of carbonyl (C=O) groups is 1. The second-order valence-corrected chi connectivity index (χ2v) is 5.55. The number of nitrogens with one attached hydrogen (secondary N) is 1. The lowest BCUT2D eigenvalue weighted by atomic mass is 10.2. The van der Waals surface area contributed by atoms with Gasteiger partial charge in [0.15, 0.2) is 0 Å². The summed E-state index contributed by atoms with van der Waals surface area (Å²) in [7, 11) is 0. The van der Waals surface area contributed by atoms with Crippen molar-refractivity contribution in [1.82, 2.24) is 9.88 Å². The highest BCUT2D eigenvalue weighted by Gasteiger charge is 2.21. The molecule has 0 radical (unpaired) electrons. The van der Waals surface area contributed by atoms with E-state index in [1.807, 2.05) is 17.0 Å². The first-order valence-corrected chi connectivity index (χ1v) is 7.35. The van der Waals surface area contributed by atoms with E-state index in [1.54, 1.807) is 6.20 Å². The van der Waals surface area contributed by atoms with E-state index in [2.05, 4.69) is 10.3 Å². The molecule has 2 fully saturated rings. The molecule has 4 heteroatoms. The highest BCUT2D eigenvalue weighted by atomic mass is 16.2. The van der Waals surface area contributed by atoms with Crippen LogP contribution in [0.15, 0.2) is 18.3 Å². The van der Waals surface area contributed by atoms with E-state index in [1.165, 1.54) is 25.7 Å². The summed E-state index contributed by atoms with van der Waals surface area (Å²) in [5, 5.41) is 3.52. The van der Waals surface area contributed by atoms with Crippen molar-refractivity contribution >= 4 is 11.6 Å². The second kappa shape index (κ2) is 5.59. The molecule has 0 bridgehead atoms. The largest absolute Gasteiger partial charge is 0.382 e. The summed E-state index contributed by atoms with van der Waals surface area (Å²) in [5.41, 5.74) is 1.61. The van der Waals surface area contributed by atoms with E-state index in [0.717, 1.165) is 31.6 Å². The maximum Gasteiger partial charge on any atom is 0.272 e. The quantitative estimate of drug-likeness (QED) is 0.907. The lowest BCUT2D eigenvalue weighted by Gasteiger charge is -2.16. The second-order valence-electron chi connectivity index (χ2n) is 5.55. The van der Waals surface area contributed by atoms with Crippen molar-refractivity contribution in [1.29, 1.82) is 0 Å². The Balaban J connectivity index is 1.69. The number of amides is 1. The van der Waals surface area contributed by atoms with Crippen LogP contribution in [0.4, 0.5) is 5.69 Å². The Morgan fingerprint density at radius 3 is 2.68 bits per heavy atom. The van der Waals surface area contributed by atoms with E-state index in [9.17, 15) is 4.79 Å². The van der Waals surface area contributed by atoms with Gasteiger partial charge in [0.05, 0.1) is 0 Å². The van der Waals surface area contributed by atoms with Gasteiger partial charge < -0.3 is 10.2 Å². The summed E-state index contributed by atoms with van der Waals surface area (Å²) in [4.78, 5) is 18.4. The van der Waals surface area contributed by atoms with E-state index >= 15 is 0 Å². The molecule has 102 valence electrons. The lowest BCUT2D eigenvalue weighted by molar-refractivity contribution is 0.0787. The average Bonchev–Trinajstić information content (AvgIpc) is 3.11. The van der Waals surface area contributed by atoms with Crippen molar-refractivity contribution in [2.24, 2.45) is 0 Å². The number of hydrogen-bond acceptors (Lipinski definition) is 3. The average molecular weight is 259 g/mol. The highest BCUT2D eigenvalue weighted by molar-refractivity contribution is 5.93. The first kappa shape index (κ1) is 12.5. The van der Waals surface area contributed by atoms with Crippen LogP contribution in [0.1, 0.15) is 49.0 Å². The van der Waals surface area contributed by atoms with Crippen molar-refractivity contribution in [3.8, 4) is 0 Å². The van der Waals surface area contributed by atoms with Crippen molar-refractivity contribution in [2.75, 3.05) is 18.4 Å². The summed E-state index contributed by atoms with van der Waals surface area (Å²) in [6.45, 7) is 1.75. The van der Waals surface area contributed by atoms with Crippen LogP contribution in [0.25, 0.3) is 0 Å². The maximum atomic E-state index is 12.3. The third kappa shape index (κ3) is 2.88. The molecule has 1 N–H and O–H groups in total. The van der Waals surface area contributed by atoms with E-state index in [4.69, 9.17) is 0 Å². The molecule has 1 saturated heterocycles. The number of nitrogens with zero attached hydrogens (tertiary/aromatic N) is 2. The van der Waals surface area contributed by atoms with Gasteiger partial charge in [0.25, 0.3) is 5.91 Å². The number of rotatable bonds is 3. The van der Waals surface area contributed by atoms with Crippen molar-refractivity contribution in [3.63, 3.8) is 0 Å². The zero-order valence-corrected chi connectivity index (χ0v) is 11.3. The topological polar surface area (TPSA) is 45.2 Å². The van der Waals surface area contributed by atoms with E-state index in [0.29, 0.717) is 11.7 Å².